The number of halogens is 1. The number of hydrogen-bond acceptors (Lipinski definition) is 6. The Bertz CT molecular complexity index is 736. The van der Waals surface area contributed by atoms with Gasteiger partial charge in [0.2, 0.25) is 0 Å². The number of guanidine groups is 1. The molecule has 1 aliphatic rings. The molecule has 0 aliphatic carbocycles. The summed E-state index contributed by atoms with van der Waals surface area (Å²) >= 11 is 3.51. The van der Waals surface area contributed by atoms with Crippen LogP contribution in [-0.2, 0) is 19.5 Å². The summed E-state index contributed by atoms with van der Waals surface area (Å²) in [6.07, 6.45) is 5.40. The van der Waals surface area contributed by atoms with Crippen molar-refractivity contribution in [1.82, 2.24) is 25.5 Å². The summed E-state index contributed by atoms with van der Waals surface area (Å²) in [5.41, 5.74) is 1.23. The van der Waals surface area contributed by atoms with Crippen LogP contribution in [0.2, 0.25) is 0 Å². The molecule has 0 radical (unpaired) electrons. The fourth-order valence-electron chi connectivity index (χ4n) is 3.27. The van der Waals surface area contributed by atoms with Crippen molar-refractivity contribution in [3.63, 3.8) is 0 Å². The van der Waals surface area contributed by atoms with Crippen LogP contribution in [0.25, 0.3) is 0 Å². The molecule has 0 bridgehead atoms. The Morgan fingerprint density at radius 1 is 1.29 bits per heavy atom. The maximum atomic E-state index is 4.70. The van der Waals surface area contributed by atoms with E-state index in [9.17, 15) is 0 Å². The Kier molecular flexibility index (Phi) is 10.1. The van der Waals surface area contributed by atoms with Crippen molar-refractivity contribution in [3.8, 4) is 0 Å². The Hall–Kier alpha value is -0.780. The highest BCUT2D eigenvalue weighted by molar-refractivity contribution is 14.0. The maximum Gasteiger partial charge on any atom is 0.191 e. The molecule has 0 amide bonds. The molecule has 2 aromatic rings. The number of nitrogens with one attached hydrogen (secondary N) is 2. The SMILES string of the molecule is CCc1nc(CN2CCC(CNC(=NC)NCc3ncc(C)s3)CC2)cs1.I. The van der Waals surface area contributed by atoms with Crippen LogP contribution in [0.15, 0.2) is 16.6 Å². The van der Waals surface area contributed by atoms with E-state index in [2.05, 4.69) is 44.7 Å². The normalized spacial score (nSPS) is 16.0. The molecule has 1 fully saturated rings. The standard InChI is InChI=1S/C19H30N6S2.HI/c1-4-17-24-16(13-26-17)12-25-7-5-15(6-8-25)10-22-19(20-3)23-11-18-21-9-14(2)27-18;/h9,13,15H,4-8,10-12H2,1-3H3,(H2,20,22,23);1H. The predicted octanol–water partition coefficient (Wildman–Crippen LogP) is 3.67. The zero-order chi connectivity index (χ0) is 19.1. The average Bonchev–Trinajstić information content (AvgIpc) is 3.31. The molecule has 9 heteroatoms. The van der Waals surface area contributed by atoms with Crippen LogP contribution in [0.1, 0.15) is 40.4 Å². The van der Waals surface area contributed by atoms with Crippen LogP contribution in [-0.4, -0.2) is 47.5 Å². The third kappa shape index (κ3) is 7.23. The maximum absolute atomic E-state index is 4.70. The van der Waals surface area contributed by atoms with Gasteiger partial charge in [0.05, 0.1) is 17.2 Å². The smallest absolute Gasteiger partial charge is 0.191 e. The zero-order valence-electron chi connectivity index (χ0n) is 16.9. The van der Waals surface area contributed by atoms with E-state index in [4.69, 9.17) is 4.98 Å². The molecule has 6 nitrogen and oxygen atoms in total. The summed E-state index contributed by atoms with van der Waals surface area (Å²) in [4.78, 5) is 17.2. The summed E-state index contributed by atoms with van der Waals surface area (Å²) in [5, 5.41) is 11.4. The molecule has 3 rings (SSSR count). The van der Waals surface area contributed by atoms with Crippen molar-refractivity contribution in [3.05, 3.63) is 32.2 Å². The summed E-state index contributed by atoms with van der Waals surface area (Å²) in [6, 6.07) is 0. The third-order valence-corrected chi connectivity index (χ3v) is 6.81. The number of aromatic nitrogens is 2. The number of aryl methyl sites for hydroxylation is 2. The van der Waals surface area contributed by atoms with Crippen LogP contribution < -0.4 is 10.6 Å². The number of nitrogens with zero attached hydrogens (tertiary/aromatic N) is 4. The lowest BCUT2D eigenvalue weighted by atomic mass is 9.97. The minimum absolute atomic E-state index is 0. The van der Waals surface area contributed by atoms with Gasteiger partial charge < -0.3 is 10.6 Å². The topological polar surface area (TPSA) is 65.4 Å². The molecule has 0 atom stereocenters. The van der Waals surface area contributed by atoms with Crippen LogP contribution in [0.3, 0.4) is 0 Å². The fraction of sp³-hybridized carbons (Fsp3) is 0.632. The summed E-state index contributed by atoms with van der Waals surface area (Å²) in [7, 11) is 1.82. The highest BCUT2D eigenvalue weighted by Crippen LogP contribution is 2.19. The van der Waals surface area contributed by atoms with Gasteiger partial charge in [-0.3, -0.25) is 9.89 Å². The first-order chi connectivity index (χ1) is 13.2. The van der Waals surface area contributed by atoms with E-state index in [1.807, 2.05) is 13.2 Å². The molecule has 1 aliphatic heterocycles. The minimum atomic E-state index is 0. The molecule has 156 valence electrons. The van der Waals surface area contributed by atoms with Gasteiger partial charge in [-0.25, -0.2) is 9.97 Å². The number of likely N-dealkylation sites (tertiary alicyclic amines) is 1. The van der Waals surface area contributed by atoms with Gasteiger partial charge in [-0.15, -0.1) is 46.7 Å². The number of thiazole rings is 2. The lowest BCUT2D eigenvalue weighted by Crippen LogP contribution is -2.42. The molecular formula is C19H31IN6S2. The summed E-state index contributed by atoms with van der Waals surface area (Å²) in [6.45, 7) is 9.24. The van der Waals surface area contributed by atoms with Gasteiger partial charge in [0.25, 0.3) is 0 Å². The first kappa shape index (κ1) is 23.5. The average molecular weight is 535 g/mol. The molecule has 28 heavy (non-hydrogen) atoms. The quantitative estimate of drug-likeness (QED) is 0.323. The predicted molar refractivity (Wildman–Crippen MR) is 130 cm³/mol. The van der Waals surface area contributed by atoms with Gasteiger partial charge in [0.15, 0.2) is 5.96 Å². The van der Waals surface area contributed by atoms with E-state index in [1.165, 1.54) is 28.4 Å². The number of hydrogen-bond donors (Lipinski definition) is 2. The second-order valence-corrected chi connectivity index (χ2v) is 9.24. The van der Waals surface area contributed by atoms with Crippen molar-refractivity contribution in [1.29, 1.82) is 0 Å². The first-order valence-electron chi connectivity index (χ1n) is 9.67. The lowest BCUT2D eigenvalue weighted by molar-refractivity contribution is 0.176. The molecule has 2 N–H and O–H groups in total. The van der Waals surface area contributed by atoms with Gasteiger partial charge in [0.1, 0.15) is 5.01 Å². The molecule has 0 spiro atoms. The van der Waals surface area contributed by atoms with Crippen LogP contribution in [0, 0.1) is 12.8 Å². The Balaban J connectivity index is 0.00000280. The van der Waals surface area contributed by atoms with Crippen molar-refractivity contribution in [2.45, 2.75) is 46.2 Å². The number of rotatable bonds is 7. The van der Waals surface area contributed by atoms with Gasteiger partial charge in [-0.05, 0) is 45.2 Å². The van der Waals surface area contributed by atoms with Crippen molar-refractivity contribution in [2.75, 3.05) is 26.7 Å². The Morgan fingerprint density at radius 2 is 2.07 bits per heavy atom. The summed E-state index contributed by atoms with van der Waals surface area (Å²) < 4.78 is 0. The van der Waals surface area contributed by atoms with Gasteiger partial charge in [-0.1, -0.05) is 6.92 Å². The van der Waals surface area contributed by atoms with E-state index in [-0.39, 0.29) is 24.0 Å². The van der Waals surface area contributed by atoms with E-state index in [0.717, 1.165) is 50.1 Å². The molecule has 0 saturated carbocycles. The molecular weight excluding hydrogens is 503 g/mol. The molecule has 0 aromatic carbocycles. The minimum Gasteiger partial charge on any atom is -0.356 e. The third-order valence-electron chi connectivity index (χ3n) is 4.85. The van der Waals surface area contributed by atoms with Gasteiger partial charge in [-0.2, -0.15) is 0 Å². The van der Waals surface area contributed by atoms with E-state index in [0.29, 0.717) is 5.92 Å². The van der Waals surface area contributed by atoms with Crippen LogP contribution >= 0.6 is 46.7 Å². The molecule has 1 saturated heterocycles. The fourth-order valence-corrected chi connectivity index (χ4v) is 4.73. The first-order valence-corrected chi connectivity index (χ1v) is 11.4. The lowest BCUT2D eigenvalue weighted by Gasteiger charge is -2.31. The van der Waals surface area contributed by atoms with Crippen LogP contribution in [0.4, 0.5) is 0 Å². The van der Waals surface area contributed by atoms with E-state index >= 15 is 0 Å². The summed E-state index contributed by atoms with van der Waals surface area (Å²) in [5.74, 6) is 1.56. The van der Waals surface area contributed by atoms with Crippen LogP contribution in [0.5, 0.6) is 0 Å². The van der Waals surface area contributed by atoms with Crippen molar-refractivity contribution < 1.29 is 0 Å². The second kappa shape index (κ2) is 12.0. The van der Waals surface area contributed by atoms with E-state index in [1.54, 1.807) is 22.7 Å². The van der Waals surface area contributed by atoms with Crippen molar-refractivity contribution in [2.24, 2.45) is 10.9 Å². The van der Waals surface area contributed by atoms with E-state index < -0.39 is 0 Å². The molecule has 3 heterocycles. The highest BCUT2D eigenvalue weighted by atomic mass is 127. The number of piperidine rings is 1. The van der Waals surface area contributed by atoms with Gasteiger partial charge >= 0.3 is 0 Å². The largest absolute Gasteiger partial charge is 0.356 e. The Labute approximate surface area is 193 Å². The second-order valence-electron chi connectivity index (χ2n) is 6.98. The molecule has 2 aromatic heterocycles. The number of aliphatic imine (C=N–C) groups is 1. The van der Waals surface area contributed by atoms with Gasteiger partial charge in [0, 0.05) is 36.6 Å². The highest BCUT2D eigenvalue weighted by Gasteiger charge is 2.20. The monoisotopic (exact) mass is 534 g/mol. The van der Waals surface area contributed by atoms with Crippen molar-refractivity contribution >= 4 is 52.6 Å². The Morgan fingerprint density at radius 3 is 2.68 bits per heavy atom. The zero-order valence-corrected chi connectivity index (χ0v) is 20.9. The molecule has 0 unspecified atom stereocenters.